The van der Waals surface area contributed by atoms with Crippen LogP contribution in [0.4, 0.5) is 5.69 Å². The minimum absolute atomic E-state index is 0.718. The number of nitrogens with zero attached hydrogens (tertiary/aromatic N) is 1. The van der Waals surface area contributed by atoms with Crippen molar-refractivity contribution in [2.75, 3.05) is 24.3 Å². The van der Waals surface area contributed by atoms with Crippen molar-refractivity contribution in [2.24, 2.45) is 0 Å². The highest BCUT2D eigenvalue weighted by Gasteiger charge is 2.48. The maximum Gasteiger partial charge on any atom is 0.321 e. The standard InChI is InChI=1S/C24H47NO2Si2/c1-9-26-28(27-10-2)20-16-12-15-19-25(24-17-13-11-14-18-24)29(21(3)4,22(5)6)23(7)8/h11,13-14,17-18,21-23,28H,9-10,12,15-16,19-20H2,1-8H3. The van der Waals surface area contributed by atoms with Gasteiger partial charge in [0.05, 0.1) is 0 Å². The molecule has 0 unspecified atom stereocenters. The van der Waals surface area contributed by atoms with Gasteiger partial charge in [0.1, 0.15) is 0 Å². The molecule has 1 rings (SSSR count). The summed E-state index contributed by atoms with van der Waals surface area (Å²) in [5.74, 6) is 0. The van der Waals surface area contributed by atoms with Crippen LogP contribution in [0.2, 0.25) is 22.7 Å². The van der Waals surface area contributed by atoms with Gasteiger partial charge in [-0.1, -0.05) is 72.6 Å². The molecule has 0 N–H and O–H groups in total. The summed E-state index contributed by atoms with van der Waals surface area (Å²) in [5, 5.41) is 0. The molecular formula is C24H47NO2Si2. The summed E-state index contributed by atoms with van der Waals surface area (Å²) in [5.41, 5.74) is 3.58. The zero-order valence-corrected chi connectivity index (χ0v) is 22.6. The van der Waals surface area contributed by atoms with E-state index in [1.165, 1.54) is 31.5 Å². The SMILES string of the molecule is CCO[SiH](CCCCCN(c1ccccc1)[Si](C(C)C)(C(C)C)C(C)C)OCC. The van der Waals surface area contributed by atoms with Crippen LogP contribution in [0.5, 0.6) is 0 Å². The second-order valence-corrected chi connectivity index (χ2v) is 16.9. The molecule has 1 aromatic carbocycles. The van der Waals surface area contributed by atoms with Crippen molar-refractivity contribution in [3.05, 3.63) is 30.3 Å². The average molecular weight is 438 g/mol. The first-order chi connectivity index (χ1) is 13.8. The molecule has 0 aliphatic rings. The smallest absolute Gasteiger partial charge is 0.321 e. The predicted molar refractivity (Wildman–Crippen MR) is 134 cm³/mol. The van der Waals surface area contributed by atoms with Gasteiger partial charge in [0.15, 0.2) is 8.24 Å². The molecule has 0 fully saturated rings. The molecule has 3 nitrogen and oxygen atoms in total. The number of benzene rings is 1. The molecule has 0 heterocycles. The summed E-state index contributed by atoms with van der Waals surface area (Å²) in [4.78, 5) is 0. The zero-order valence-electron chi connectivity index (χ0n) is 20.4. The van der Waals surface area contributed by atoms with Crippen molar-refractivity contribution >= 4 is 23.2 Å². The Labute approximate surface area is 184 Å². The third-order valence-electron chi connectivity index (χ3n) is 6.34. The van der Waals surface area contributed by atoms with E-state index < -0.39 is 17.5 Å². The van der Waals surface area contributed by atoms with E-state index >= 15 is 0 Å². The van der Waals surface area contributed by atoms with Crippen molar-refractivity contribution < 1.29 is 8.85 Å². The van der Waals surface area contributed by atoms with E-state index in [-0.39, 0.29) is 0 Å². The van der Waals surface area contributed by atoms with Gasteiger partial charge < -0.3 is 13.4 Å². The van der Waals surface area contributed by atoms with E-state index in [0.29, 0.717) is 0 Å². The molecular weight excluding hydrogens is 390 g/mol. The Morgan fingerprint density at radius 3 is 1.76 bits per heavy atom. The summed E-state index contributed by atoms with van der Waals surface area (Å²) in [6, 6.07) is 12.3. The lowest BCUT2D eigenvalue weighted by molar-refractivity contribution is 0.212. The van der Waals surface area contributed by atoms with Gasteiger partial charge in [0.25, 0.3) is 0 Å². The molecule has 0 aromatic heterocycles. The van der Waals surface area contributed by atoms with Crippen LogP contribution in [0.15, 0.2) is 30.3 Å². The lowest BCUT2D eigenvalue weighted by atomic mass is 10.2. The van der Waals surface area contributed by atoms with Crippen LogP contribution >= 0.6 is 0 Å². The number of hydrogen-bond acceptors (Lipinski definition) is 3. The summed E-state index contributed by atoms with van der Waals surface area (Å²) in [6.45, 7) is 21.6. The Hall–Kier alpha value is -0.626. The Morgan fingerprint density at radius 1 is 0.793 bits per heavy atom. The van der Waals surface area contributed by atoms with Gasteiger partial charge in [-0.3, -0.25) is 0 Å². The number of anilines is 1. The van der Waals surface area contributed by atoms with Gasteiger partial charge in [-0.25, -0.2) is 0 Å². The third kappa shape index (κ3) is 7.23. The van der Waals surface area contributed by atoms with Crippen LogP contribution in [-0.2, 0) is 8.85 Å². The monoisotopic (exact) mass is 437 g/mol. The van der Waals surface area contributed by atoms with Crippen LogP contribution in [0.3, 0.4) is 0 Å². The number of rotatable bonds is 15. The van der Waals surface area contributed by atoms with E-state index in [9.17, 15) is 0 Å². The van der Waals surface area contributed by atoms with Crippen molar-refractivity contribution in [1.29, 1.82) is 0 Å². The summed E-state index contributed by atoms with van der Waals surface area (Å²) in [6.07, 6.45) is 3.72. The molecule has 0 amide bonds. The first-order valence-corrected chi connectivity index (χ1v) is 15.8. The minimum Gasteiger partial charge on any atom is -0.397 e. The summed E-state index contributed by atoms with van der Waals surface area (Å²) < 4.78 is 14.6. The van der Waals surface area contributed by atoms with Gasteiger partial charge in [0.2, 0.25) is 0 Å². The fourth-order valence-electron chi connectivity index (χ4n) is 5.43. The van der Waals surface area contributed by atoms with E-state index in [0.717, 1.165) is 35.9 Å². The molecule has 0 aliphatic heterocycles. The molecule has 0 aliphatic carbocycles. The molecule has 0 saturated heterocycles. The molecule has 1 aromatic rings. The number of unbranched alkanes of at least 4 members (excludes halogenated alkanes) is 2. The van der Waals surface area contributed by atoms with Gasteiger partial charge in [-0.05, 0) is 55.1 Å². The molecule has 0 bridgehead atoms. The molecule has 0 radical (unpaired) electrons. The maximum absolute atomic E-state index is 5.84. The second-order valence-electron chi connectivity index (χ2n) is 9.03. The Morgan fingerprint density at radius 2 is 1.31 bits per heavy atom. The molecule has 0 atom stereocenters. The lowest BCUT2D eigenvalue weighted by Crippen LogP contribution is -2.61. The third-order valence-corrected chi connectivity index (χ3v) is 15.6. The highest BCUT2D eigenvalue weighted by atomic mass is 28.3. The van der Waals surface area contributed by atoms with Crippen LogP contribution in [0.1, 0.15) is 74.7 Å². The summed E-state index contributed by atoms with van der Waals surface area (Å²) >= 11 is 0. The largest absolute Gasteiger partial charge is 0.397 e. The minimum atomic E-state index is -1.71. The number of para-hydroxylation sites is 1. The fourth-order valence-corrected chi connectivity index (χ4v) is 14.2. The quantitative estimate of drug-likeness (QED) is 0.215. The first kappa shape index (κ1) is 26.4. The molecule has 5 heteroatoms. The van der Waals surface area contributed by atoms with E-state index in [4.69, 9.17) is 8.85 Å². The van der Waals surface area contributed by atoms with E-state index in [1.54, 1.807) is 0 Å². The normalized spacial score (nSPS) is 12.6. The van der Waals surface area contributed by atoms with Crippen LogP contribution in [0, 0.1) is 0 Å². The van der Waals surface area contributed by atoms with Crippen LogP contribution in [0.25, 0.3) is 0 Å². The van der Waals surface area contributed by atoms with E-state index in [2.05, 4.69) is 90.3 Å². The highest BCUT2D eigenvalue weighted by Crippen LogP contribution is 2.45. The second kappa shape index (κ2) is 13.6. The Bertz CT molecular complexity index is 509. The Balaban J connectivity index is 2.90. The van der Waals surface area contributed by atoms with Crippen LogP contribution < -0.4 is 4.57 Å². The lowest BCUT2D eigenvalue weighted by Gasteiger charge is -2.52. The zero-order chi connectivity index (χ0) is 21.9. The highest BCUT2D eigenvalue weighted by molar-refractivity contribution is 6.86. The predicted octanol–water partition coefficient (Wildman–Crippen LogP) is 7.13. The van der Waals surface area contributed by atoms with Gasteiger partial charge in [0, 0.05) is 25.4 Å². The topological polar surface area (TPSA) is 21.7 Å². The Kier molecular flexibility index (Phi) is 12.4. The number of hydrogen-bond donors (Lipinski definition) is 0. The van der Waals surface area contributed by atoms with Crippen molar-refractivity contribution in [1.82, 2.24) is 0 Å². The van der Waals surface area contributed by atoms with Crippen LogP contribution in [-0.4, -0.2) is 37.3 Å². The molecule has 0 saturated carbocycles. The van der Waals surface area contributed by atoms with Gasteiger partial charge in [-0.2, -0.15) is 0 Å². The van der Waals surface area contributed by atoms with Gasteiger partial charge >= 0.3 is 9.28 Å². The average Bonchev–Trinajstić information content (AvgIpc) is 2.67. The van der Waals surface area contributed by atoms with Gasteiger partial charge in [-0.15, -0.1) is 0 Å². The van der Waals surface area contributed by atoms with Crippen molar-refractivity contribution in [2.45, 2.75) is 97.3 Å². The van der Waals surface area contributed by atoms with Crippen molar-refractivity contribution in [3.63, 3.8) is 0 Å². The van der Waals surface area contributed by atoms with E-state index in [1.807, 2.05) is 0 Å². The first-order valence-electron chi connectivity index (χ1n) is 11.9. The molecule has 29 heavy (non-hydrogen) atoms. The molecule has 0 spiro atoms. The summed E-state index contributed by atoms with van der Waals surface area (Å²) in [7, 11) is -3.16. The molecule has 168 valence electrons. The maximum atomic E-state index is 5.84. The van der Waals surface area contributed by atoms with Crippen molar-refractivity contribution in [3.8, 4) is 0 Å². The fraction of sp³-hybridized carbons (Fsp3) is 0.750.